The van der Waals surface area contributed by atoms with E-state index in [1.165, 1.54) is 5.56 Å². The lowest BCUT2D eigenvalue weighted by atomic mass is 9.94. The van der Waals surface area contributed by atoms with Gasteiger partial charge in [0.25, 0.3) is 5.91 Å². The van der Waals surface area contributed by atoms with E-state index in [1.54, 1.807) is 12.1 Å². The molecule has 1 aliphatic rings. The number of likely N-dealkylation sites (tertiary alicyclic amines) is 1. The number of hydrogen-bond donors (Lipinski definition) is 2. The van der Waals surface area contributed by atoms with Gasteiger partial charge in [0.15, 0.2) is 6.10 Å². The first-order chi connectivity index (χ1) is 11.1. The van der Waals surface area contributed by atoms with Crippen molar-refractivity contribution in [3.63, 3.8) is 0 Å². The van der Waals surface area contributed by atoms with Crippen molar-refractivity contribution < 1.29 is 9.90 Å². The maximum Gasteiger partial charge on any atom is 0.253 e. The Morgan fingerprint density at radius 3 is 2.35 bits per heavy atom. The first kappa shape index (κ1) is 15.7. The standard InChI is InChI=1S/C19H22N2O2/c1-21-12-16(14-8-4-2-5-9-14)17(13-21)20-19(23)18(22)15-10-6-3-7-11-15/h2-11,16-18,22H,12-13H2,1H3,(H,20,23)/t16-,17+,18-/m0/s1. The van der Waals surface area contributed by atoms with E-state index >= 15 is 0 Å². The smallest absolute Gasteiger partial charge is 0.253 e. The van der Waals surface area contributed by atoms with Gasteiger partial charge in [0, 0.05) is 25.0 Å². The van der Waals surface area contributed by atoms with Crippen molar-refractivity contribution in [2.24, 2.45) is 0 Å². The van der Waals surface area contributed by atoms with Crippen molar-refractivity contribution in [1.29, 1.82) is 0 Å². The molecule has 0 aromatic heterocycles. The molecule has 0 spiro atoms. The molecule has 3 atom stereocenters. The first-order valence-electron chi connectivity index (χ1n) is 7.92. The second-order valence-corrected chi connectivity index (χ2v) is 6.17. The summed E-state index contributed by atoms with van der Waals surface area (Å²) in [5.41, 5.74) is 1.84. The molecule has 1 aliphatic heterocycles. The Kier molecular flexibility index (Phi) is 4.74. The van der Waals surface area contributed by atoms with E-state index in [1.807, 2.05) is 36.4 Å². The van der Waals surface area contributed by atoms with Crippen LogP contribution in [0.4, 0.5) is 0 Å². The van der Waals surface area contributed by atoms with E-state index in [0.717, 1.165) is 13.1 Å². The maximum absolute atomic E-state index is 12.4. The third-order valence-electron chi connectivity index (χ3n) is 4.42. The van der Waals surface area contributed by atoms with Gasteiger partial charge in [0.1, 0.15) is 0 Å². The zero-order chi connectivity index (χ0) is 16.2. The van der Waals surface area contributed by atoms with Gasteiger partial charge in [-0.15, -0.1) is 0 Å². The molecule has 23 heavy (non-hydrogen) atoms. The summed E-state index contributed by atoms with van der Waals surface area (Å²) in [6.45, 7) is 1.68. The normalized spacial score (nSPS) is 22.7. The molecule has 4 nitrogen and oxygen atoms in total. The monoisotopic (exact) mass is 310 g/mol. The highest BCUT2D eigenvalue weighted by atomic mass is 16.3. The highest BCUT2D eigenvalue weighted by Crippen LogP contribution is 2.27. The lowest BCUT2D eigenvalue weighted by Gasteiger charge is -2.22. The van der Waals surface area contributed by atoms with Crippen LogP contribution in [0.1, 0.15) is 23.1 Å². The summed E-state index contributed by atoms with van der Waals surface area (Å²) in [5.74, 6) is -0.0921. The molecule has 0 unspecified atom stereocenters. The lowest BCUT2D eigenvalue weighted by molar-refractivity contribution is -0.130. The molecule has 1 saturated heterocycles. The fourth-order valence-electron chi connectivity index (χ4n) is 3.23. The summed E-state index contributed by atoms with van der Waals surface area (Å²) in [6, 6.07) is 19.3. The fraction of sp³-hybridized carbons (Fsp3) is 0.316. The van der Waals surface area contributed by atoms with Crippen LogP contribution in [0.3, 0.4) is 0 Å². The quantitative estimate of drug-likeness (QED) is 0.907. The number of aliphatic hydroxyl groups is 1. The van der Waals surface area contributed by atoms with Crippen LogP contribution in [0.25, 0.3) is 0 Å². The Morgan fingerprint density at radius 1 is 1.09 bits per heavy atom. The zero-order valence-electron chi connectivity index (χ0n) is 13.2. The highest BCUT2D eigenvalue weighted by molar-refractivity contribution is 5.82. The predicted octanol–water partition coefficient (Wildman–Crippen LogP) is 1.93. The van der Waals surface area contributed by atoms with E-state index in [0.29, 0.717) is 5.56 Å². The summed E-state index contributed by atoms with van der Waals surface area (Å²) >= 11 is 0. The van der Waals surface area contributed by atoms with Crippen LogP contribution in [-0.2, 0) is 4.79 Å². The minimum atomic E-state index is -1.13. The van der Waals surface area contributed by atoms with E-state index in [9.17, 15) is 9.90 Å². The van der Waals surface area contributed by atoms with Crippen molar-refractivity contribution in [3.05, 3.63) is 71.8 Å². The molecule has 0 radical (unpaired) electrons. The van der Waals surface area contributed by atoms with E-state index in [-0.39, 0.29) is 17.9 Å². The Labute approximate surface area is 136 Å². The van der Waals surface area contributed by atoms with Crippen molar-refractivity contribution in [2.75, 3.05) is 20.1 Å². The molecule has 2 aromatic carbocycles. The molecule has 1 amide bonds. The first-order valence-corrected chi connectivity index (χ1v) is 7.92. The Hall–Kier alpha value is -2.17. The summed E-state index contributed by atoms with van der Waals surface area (Å²) in [7, 11) is 2.05. The average molecular weight is 310 g/mol. The summed E-state index contributed by atoms with van der Waals surface area (Å²) < 4.78 is 0. The molecule has 0 saturated carbocycles. The number of rotatable bonds is 4. The Bertz CT molecular complexity index is 645. The predicted molar refractivity (Wildman–Crippen MR) is 90.0 cm³/mol. The van der Waals surface area contributed by atoms with Crippen LogP contribution in [-0.4, -0.2) is 42.1 Å². The van der Waals surface area contributed by atoms with Gasteiger partial charge < -0.3 is 15.3 Å². The van der Waals surface area contributed by atoms with Gasteiger partial charge in [0.2, 0.25) is 0 Å². The number of nitrogens with zero attached hydrogens (tertiary/aromatic N) is 1. The van der Waals surface area contributed by atoms with E-state index in [4.69, 9.17) is 0 Å². The number of benzene rings is 2. The van der Waals surface area contributed by atoms with E-state index in [2.05, 4.69) is 29.4 Å². The molecule has 120 valence electrons. The average Bonchev–Trinajstić information content (AvgIpc) is 2.96. The third-order valence-corrected chi connectivity index (χ3v) is 4.42. The molecule has 1 fully saturated rings. The van der Waals surface area contributed by atoms with Gasteiger partial charge in [-0.2, -0.15) is 0 Å². The number of nitrogens with one attached hydrogen (secondary N) is 1. The Morgan fingerprint density at radius 2 is 1.70 bits per heavy atom. The highest BCUT2D eigenvalue weighted by Gasteiger charge is 2.34. The van der Waals surface area contributed by atoms with Crippen LogP contribution in [0.2, 0.25) is 0 Å². The van der Waals surface area contributed by atoms with Gasteiger partial charge in [-0.25, -0.2) is 0 Å². The molecule has 0 aliphatic carbocycles. The molecule has 3 rings (SSSR count). The van der Waals surface area contributed by atoms with Crippen molar-refractivity contribution >= 4 is 5.91 Å². The lowest BCUT2D eigenvalue weighted by Crippen LogP contribution is -2.42. The van der Waals surface area contributed by atoms with Gasteiger partial charge in [-0.1, -0.05) is 60.7 Å². The second-order valence-electron chi connectivity index (χ2n) is 6.17. The minimum Gasteiger partial charge on any atom is -0.378 e. The molecular formula is C19H22N2O2. The molecule has 1 heterocycles. The molecule has 4 heteroatoms. The summed E-state index contributed by atoms with van der Waals surface area (Å²) in [4.78, 5) is 14.6. The van der Waals surface area contributed by atoms with Crippen LogP contribution in [0.5, 0.6) is 0 Å². The number of carbonyl (C=O) groups is 1. The van der Waals surface area contributed by atoms with Crippen LogP contribution in [0, 0.1) is 0 Å². The number of amides is 1. The number of carbonyl (C=O) groups excluding carboxylic acids is 1. The zero-order valence-corrected chi connectivity index (χ0v) is 13.2. The van der Waals surface area contributed by atoms with Gasteiger partial charge >= 0.3 is 0 Å². The van der Waals surface area contributed by atoms with Crippen LogP contribution in [0.15, 0.2) is 60.7 Å². The molecule has 2 N–H and O–H groups in total. The topological polar surface area (TPSA) is 52.6 Å². The fourth-order valence-corrected chi connectivity index (χ4v) is 3.23. The van der Waals surface area contributed by atoms with Gasteiger partial charge in [-0.05, 0) is 18.2 Å². The molecule has 0 bridgehead atoms. The van der Waals surface area contributed by atoms with Gasteiger partial charge in [-0.3, -0.25) is 4.79 Å². The largest absolute Gasteiger partial charge is 0.378 e. The van der Waals surface area contributed by atoms with Gasteiger partial charge in [0.05, 0.1) is 0 Å². The number of aliphatic hydroxyl groups excluding tert-OH is 1. The van der Waals surface area contributed by atoms with E-state index < -0.39 is 6.10 Å². The van der Waals surface area contributed by atoms with Crippen LogP contribution < -0.4 is 5.32 Å². The molecular weight excluding hydrogens is 288 g/mol. The third kappa shape index (κ3) is 3.60. The Balaban J connectivity index is 1.72. The molecule has 2 aromatic rings. The number of likely N-dealkylation sites (N-methyl/N-ethyl adjacent to an activating group) is 1. The van der Waals surface area contributed by atoms with Crippen molar-refractivity contribution in [2.45, 2.75) is 18.1 Å². The summed E-state index contributed by atoms with van der Waals surface area (Å²) in [5, 5.41) is 13.3. The van der Waals surface area contributed by atoms with Crippen molar-refractivity contribution in [1.82, 2.24) is 10.2 Å². The SMILES string of the molecule is CN1C[C@@H](NC(=O)[C@@H](O)c2ccccc2)[C@H](c2ccccc2)C1. The maximum atomic E-state index is 12.4. The summed E-state index contributed by atoms with van der Waals surface area (Å²) in [6.07, 6.45) is -1.13. The van der Waals surface area contributed by atoms with Crippen LogP contribution >= 0.6 is 0 Å². The van der Waals surface area contributed by atoms with Crippen molar-refractivity contribution in [3.8, 4) is 0 Å². The number of hydrogen-bond acceptors (Lipinski definition) is 3. The minimum absolute atomic E-state index is 0.00765. The second kappa shape index (κ2) is 6.94.